The number of unbranched alkanes of at least 4 members (excludes halogenated alkanes) is 1. The molecule has 25 heavy (non-hydrogen) atoms. The summed E-state index contributed by atoms with van der Waals surface area (Å²) in [6.07, 6.45) is 0.487. The summed E-state index contributed by atoms with van der Waals surface area (Å²) in [4.78, 5) is 21.8. The number of ether oxygens (including phenoxy) is 2. The molecule has 0 radical (unpaired) electrons. The van der Waals surface area contributed by atoms with Gasteiger partial charge >= 0.3 is 5.97 Å². The van der Waals surface area contributed by atoms with Crippen molar-refractivity contribution in [1.29, 1.82) is 0 Å². The molecule has 2 rings (SSSR count). The van der Waals surface area contributed by atoms with Crippen LogP contribution in [-0.2, 0) is 24.3 Å². The van der Waals surface area contributed by atoms with Gasteiger partial charge in [0.05, 0.1) is 29.5 Å². The Labute approximate surface area is 145 Å². The Hall–Kier alpha value is -2.04. The number of nitro benzene ring substituents is 1. The van der Waals surface area contributed by atoms with E-state index in [1.54, 1.807) is 0 Å². The number of nitrogens with zero attached hydrogens (tertiary/aromatic N) is 2. The van der Waals surface area contributed by atoms with E-state index >= 15 is 0 Å². The summed E-state index contributed by atoms with van der Waals surface area (Å²) < 4.78 is 36.9. The number of carbonyl (C=O) groups excluding carboxylic acids is 1. The van der Waals surface area contributed by atoms with Gasteiger partial charge in [0.25, 0.3) is 5.69 Å². The molecule has 1 heterocycles. The molecule has 0 saturated carbocycles. The number of nitro groups is 1. The van der Waals surface area contributed by atoms with Crippen molar-refractivity contribution < 1.29 is 27.6 Å². The monoisotopic (exact) mass is 372 g/mol. The molecule has 1 aliphatic heterocycles. The fourth-order valence-electron chi connectivity index (χ4n) is 2.35. The van der Waals surface area contributed by atoms with Gasteiger partial charge in [-0.15, -0.1) is 0 Å². The summed E-state index contributed by atoms with van der Waals surface area (Å²) in [6.45, 7) is 2.52. The Morgan fingerprint density at radius 1 is 1.40 bits per heavy atom. The number of carbonyl (C=O) groups is 1. The fourth-order valence-corrected chi connectivity index (χ4v) is 3.86. The van der Waals surface area contributed by atoms with Crippen molar-refractivity contribution in [3.63, 3.8) is 0 Å². The number of hydrogen-bond donors (Lipinski definition) is 0. The predicted octanol–water partition coefficient (Wildman–Crippen LogP) is 1.68. The van der Waals surface area contributed by atoms with Gasteiger partial charge in [0.2, 0.25) is 10.0 Å². The van der Waals surface area contributed by atoms with E-state index in [1.165, 1.54) is 12.1 Å². The Morgan fingerprint density at radius 2 is 2.08 bits per heavy atom. The van der Waals surface area contributed by atoms with Gasteiger partial charge in [-0.25, -0.2) is 8.42 Å². The standard InChI is InChI=1S/C15H20N2O7S/c1-2-3-9-24-15(18)11-14-16(8-10-23-14)25(21,22)13-6-4-12(5-7-13)17(19)20/h4-7,14H,2-3,8-11H2,1H3. The van der Waals surface area contributed by atoms with Crippen LogP contribution in [0.3, 0.4) is 0 Å². The molecule has 1 fully saturated rings. The zero-order valence-corrected chi connectivity index (χ0v) is 14.6. The molecule has 1 atom stereocenters. The largest absolute Gasteiger partial charge is 0.466 e. The van der Waals surface area contributed by atoms with E-state index in [2.05, 4.69) is 0 Å². The van der Waals surface area contributed by atoms with Gasteiger partial charge in [-0.1, -0.05) is 13.3 Å². The van der Waals surface area contributed by atoms with Crippen LogP contribution in [0.15, 0.2) is 29.2 Å². The van der Waals surface area contributed by atoms with E-state index in [-0.39, 0.29) is 36.8 Å². The SMILES string of the molecule is CCCCOC(=O)CC1OCCN1S(=O)(=O)c1ccc([N+](=O)[O-])cc1. The predicted molar refractivity (Wildman–Crippen MR) is 87.2 cm³/mol. The first kappa shape index (κ1) is 19.3. The van der Waals surface area contributed by atoms with Crippen molar-refractivity contribution in [3.05, 3.63) is 34.4 Å². The van der Waals surface area contributed by atoms with E-state index < -0.39 is 27.1 Å². The zero-order chi connectivity index (χ0) is 18.4. The second-order valence-electron chi connectivity index (χ2n) is 5.47. The maximum Gasteiger partial charge on any atom is 0.309 e. The van der Waals surface area contributed by atoms with Crippen LogP contribution in [0.1, 0.15) is 26.2 Å². The Kier molecular flexibility index (Phi) is 6.45. The van der Waals surface area contributed by atoms with Crippen molar-refractivity contribution in [1.82, 2.24) is 4.31 Å². The minimum absolute atomic E-state index is 0.0899. The summed E-state index contributed by atoms with van der Waals surface area (Å²) in [5.74, 6) is -0.524. The van der Waals surface area contributed by atoms with Gasteiger partial charge in [0.15, 0.2) is 0 Å². The van der Waals surface area contributed by atoms with Gasteiger partial charge in [-0.05, 0) is 18.6 Å². The van der Waals surface area contributed by atoms with Gasteiger partial charge < -0.3 is 9.47 Å². The first-order valence-electron chi connectivity index (χ1n) is 7.89. The minimum atomic E-state index is -3.92. The molecule has 0 aromatic heterocycles. The number of rotatable bonds is 8. The first-order valence-corrected chi connectivity index (χ1v) is 9.33. The molecule has 1 unspecified atom stereocenters. The normalized spacial score (nSPS) is 18.2. The molecule has 9 nitrogen and oxygen atoms in total. The molecule has 138 valence electrons. The van der Waals surface area contributed by atoms with Gasteiger partial charge in [0, 0.05) is 18.7 Å². The molecule has 1 aromatic carbocycles. The highest BCUT2D eigenvalue weighted by molar-refractivity contribution is 7.89. The van der Waals surface area contributed by atoms with Gasteiger partial charge in [-0.3, -0.25) is 14.9 Å². The summed E-state index contributed by atoms with van der Waals surface area (Å²) in [7, 11) is -3.92. The molecule has 1 aromatic rings. The van der Waals surface area contributed by atoms with Gasteiger partial charge in [-0.2, -0.15) is 4.31 Å². The van der Waals surface area contributed by atoms with E-state index in [1.807, 2.05) is 6.92 Å². The third kappa shape index (κ3) is 4.74. The smallest absolute Gasteiger partial charge is 0.309 e. The Bertz CT molecular complexity index is 718. The van der Waals surface area contributed by atoms with Crippen LogP contribution >= 0.6 is 0 Å². The van der Waals surface area contributed by atoms with Crippen molar-refractivity contribution >= 4 is 21.7 Å². The average Bonchev–Trinajstić information content (AvgIpc) is 3.04. The number of hydrogen-bond acceptors (Lipinski definition) is 7. The zero-order valence-electron chi connectivity index (χ0n) is 13.8. The fraction of sp³-hybridized carbons (Fsp3) is 0.533. The second-order valence-corrected chi connectivity index (χ2v) is 7.36. The maximum absolute atomic E-state index is 12.7. The Balaban J connectivity index is 2.09. The summed E-state index contributed by atoms with van der Waals surface area (Å²) in [6, 6.07) is 4.58. The van der Waals surface area contributed by atoms with Crippen LogP contribution in [-0.4, -0.2) is 49.6 Å². The quantitative estimate of drug-likeness (QED) is 0.295. The molecule has 0 spiro atoms. The van der Waals surface area contributed by atoms with Crippen LogP contribution < -0.4 is 0 Å². The van der Waals surface area contributed by atoms with Crippen LogP contribution in [0, 0.1) is 10.1 Å². The van der Waals surface area contributed by atoms with E-state index in [9.17, 15) is 23.3 Å². The van der Waals surface area contributed by atoms with E-state index in [0.717, 1.165) is 29.3 Å². The molecule has 0 amide bonds. The molecule has 10 heteroatoms. The summed E-state index contributed by atoms with van der Waals surface area (Å²) in [5, 5.41) is 10.7. The topological polar surface area (TPSA) is 116 Å². The van der Waals surface area contributed by atoms with Crippen LogP contribution in [0.2, 0.25) is 0 Å². The summed E-state index contributed by atoms with van der Waals surface area (Å²) >= 11 is 0. The molecule has 0 aliphatic carbocycles. The molecular formula is C15H20N2O7S. The van der Waals surface area contributed by atoms with E-state index in [0.29, 0.717) is 0 Å². The molecular weight excluding hydrogens is 352 g/mol. The first-order chi connectivity index (χ1) is 11.9. The van der Waals surface area contributed by atoms with Crippen LogP contribution in [0.25, 0.3) is 0 Å². The number of sulfonamides is 1. The molecule has 0 N–H and O–H groups in total. The third-order valence-electron chi connectivity index (χ3n) is 3.70. The van der Waals surface area contributed by atoms with Gasteiger partial charge in [0.1, 0.15) is 6.23 Å². The van der Waals surface area contributed by atoms with Crippen molar-refractivity contribution in [2.75, 3.05) is 19.8 Å². The lowest BCUT2D eigenvalue weighted by Gasteiger charge is -2.22. The third-order valence-corrected chi connectivity index (χ3v) is 5.60. The molecule has 1 saturated heterocycles. The minimum Gasteiger partial charge on any atom is -0.466 e. The Morgan fingerprint density at radius 3 is 2.68 bits per heavy atom. The van der Waals surface area contributed by atoms with Crippen LogP contribution in [0.4, 0.5) is 5.69 Å². The molecule has 1 aliphatic rings. The van der Waals surface area contributed by atoms with Crippen molar-refractivity contribution in [3.8, 4) is 0 Å². The van der Waals surface area contributed by atoms with Crippen LogP contribution in [0.5, 0.6) is 0 Å². The van der Waals surface area contributed by atoms with Crippen molar-refractivity contribution in [2.24, 2.45) is 0 Å². The average molecular weight is 372 g/mol. The highest BCUT2D eigenvalue weighted by atomic mass is 32.2. The number of esters is 1. The van der Waals surface area contributed by atoms with Crippen molar-refractivity contribution in [2.45, 2.75) is 37.3 Å². The lowest BCUT2D eigenvalue weighted by atomic mass is 10.3. The summed E-state index contributed by atoms with van der Waals surface area (Å²) in [5.41, 5.74) is -0.201. The highest BCUT2D eigenvalue weighted by Crippen LogP contribution is 2.25. The lowest BCUT2D eigenvalue weighted by molar-refractivity contribution is -0.384. The molecule has 0 bridgehead atoms. The highest BCUT2D eigenvalue weighted by Gasteiger charge is 2.37. The maximum atomic E-state index is 12.7. The van der Waals surface area contributed by atoms with E-state index in [4.69, 9.17) is 9.47 Å². The lowest BCUT2D eigenvalue weighted by Crippen LogP contribution is -2.37. The number of benzene rings is 1. The number of non-ortho nitro benzene ring substituents is 1. The second kappa shape index (κ2) is 8.37.